The lowest BCUT2D eigenvalue weighted by Gasteiger charge is -2.17. The number of aliphatic hydroxyl groups excluding tert-OH is 4. The molecule has 0 radical (unpaired) electrons. The molecule has 22 heteroatoms. The molecule has 106 heavy (non-hydrogen) atoms. The third-order valence-corrected chi connectivity index (χ3v) is 17.8. The van der Waals surface area contributed by atoms with Crippen molar-refractivity contribution in [2.75, 3.05) is 30.5 Å². The van der Waals surface area contributed by atoms with Crippen molar-refractivity contribution in [1.82, 2.24) is 60.5 Å². The van der Waals surface area contributed by atoms with Crippen LogP contribution in [-0.4, -0.2) is 107 Å². The van der Waals surface area contributed by atoms with E-state index in [1.807, 2.05) is 166 Å². The van der Waals surface area contributed by atoms with Crippen LogP contribution in [0.1, 0.15) is 65.9 Å². The van der Waals surface area contributed by atoms with Crippen LogP contribution in [0.2, 0.25) is 5.15 Å². The van der Waals surface area contributed by atoms with E-state index in [4.69, 9.17) is 26.8 Å². The van der Waals surface area contributed by atoms with Gasteiger partial charge in [0.1, 0.15) is 35.4 Å². The molecule has 3 atom stereocenters. The highest BCUT2D eigenvalue weighted by Crippen LogP contribution is 2.42. The predicted molar refractivity (Wildman–Crippen MR) is 413 cm³/mol. The molecule has 1 fully saturated rings. The van der Waals surface area contributed by atoms with Gasteiger partial charge < -0.3 is 46.3 Å². The van der Waals surface area contributed by atoms with Gasteiger partial charge in [-0.05, 0) is 102 Å². The molecule has 1 aliphatic heterocycles. The number of nitrogens with two attached hydrogens (primary N) is 1. The van der Waals surface area contributed by atoms with E-state index in [9.17, 15) is 20.4 Å². The fraction of sp³-hybridized carbons (Fsp3) is 0.143. The first-order valence-corrected chi connectivity index (χ1v) is 34.6. The van der Waals surface area contributed by atoms with E-state index in [2.05, 4.69) is 126 Å². The van der Waals surface area contributed by atoms with Crippen molar-refractivity contribution in [1.29, 1.82) is 0 Å². The maximum absolute atomic E-state index is 10.1. The largest absolute Gasteiger partial charge is 0.393 e. The highest BCUT2D eigenvalue weighted by molar-refractivity contribution is 6.36. The van der Waals surface area contributed by atoms with E-state index in [0.717, 1.165) is 99.6 Å². The van der Waals surface area contributed by atoms with Gasteiger partial charge in [-0.25, -0.2) is 0 Å². The first-order chi connectivity index (χ1) is 51.9. The van der Waals surface area contributed by atoms with E-state index in [0.29, 0.717) is 76.7 Å². The van der Waals surface area contributed by atoms with Crippen LogP contribution in [0.25, 0.3) is 99.5 Å². The predicted octanol–water partition coefficient (Wildman–Crippen LogP) is 15.2. The van der Waals surface area contributed by atoms with Gasteiger partial charge in [0, 0.05) is 128 Å². The molecule has 8 N–H and O–H groups in total. The molecule has 528 valence electrons. The normalized spacial score (nSPS) is 13.5. The van der Waals surface area contributed by atoms with Crippen LogP contribution in [0.4, 0.5) is 11.6 Å². The lowest BCUT2D eigenvalue weighted by Crippen LogP contribution is -2.19. The van der Waals surface area contributed by atoms with Crippen LogP contribution in [0, 0.1) is 0 Å². The number of rotatable bonds is 18. The van der Waals surface area contributed by atoms with Gasteiger partial charge in [-0.3, -0.25) is 29.9 Å². The van der Waals surface area contributed by atoms with E-state index in [1.54, 1.807) is 55.5 Å². The minimum Gasteiger partial charge on any atom is -0.393 e. The molecule has 9 aromatic heterocycles. The first-order valence-electron chi connectivity index (χ1n) is 34.3. The van der Waals surface area contributed by atoms with Gasteiger partial charge in [0.25, 0.3) is 0 Å². The Kier molecular flexibility index (Phi) is 23.5. The summed E-state index contributed by atoms with van der Waals surface area (Å²) in [5.41, 5.74) is 20.6. The highest BCUT2D eigenvalue weighted by Gasteiger charge is 2.34. The van der Waals surface area contributed by atoms with Crippen molar-refractivity contribution < 1.29 is 29.9 Å². The standard InChI is InChI=1S/2C27H23N5O2.C24H20ClN3O2.C6H8N2/c2*33-17-24(34)19-13-20(15-28-14-19)26-23-11-6-10-22(18-7-2-1-3-8-18)25(23)27(32-31-26)30-16-21-9-4-5-12-29-21;1-24(2)29-14-20(30-24)16-11-17(13-26-12-16)22-19-10-6-9-18(15-7-4-3-5-8-15)21(19)23(25)28-27-22;7-5-6-3-1-2-4-8-6/h2*1-15,24,33-34H,16-17H2,(H,30,32);3-13,20H,14H2,1-2H3;1-4H,5,7H2. The number of nitrogens with one attached hydrogen (secondary N) is 2. The van der Waals surface area contributed by atoms with Gasteiger partial charge in [-0.2, -0.15) is 0 Å². The summed E-state index contributed by atoms with van der Waals surface area (Å²) < 4.78 is 11.7. The Labute approximate surface area is 616 Å². The zero-order valence-corrected chi connectivity index (χ0v) is 58.6. The zero-order valence-electron chi connectivity index (χ0n) is 57.9. The summed E-state index contributed by atoms with van der Waals surface area (Å²) in [6.45, 7) is 5.09. The molecule has 0 saturated carbocycles. The fourth-order valence-corrected chi connectivity index (χ4v) is 12.5. The molecule has 6 aromatic carbocycles. The number of aromatic nitrogens is 12. The molecule has 0 aliphatic carbocycles. The topological polar surface area (TPSA) is 304 Å². The molecule has 10 heterocycles. The molecule has 16 rings (SSSR count). The SMILES string of the molecule is CC1(C)OCC(c2cncc(-c3nnc(Cl)c4c(-c5ccccc5)cccc34)c2)O1.NCc1ccccn1.OCC(O)c1cncc(-c2nnc(NCc3ccccn3)c3c(-c4ccccc4)cccc23)c1.OCC(O)c1cncc(-c2nnc(NCc3ccccn3)c3c(-c4ccccc4)cccc23)c1. The molecule has 0 bridgehead atoms. The second-order valence-corrected chi connectivity index (χ2v) is 25.4. The maximum Gasteiger partial charge on any atom is 0.163 e. The Morgan fingerprint density at radius 1 is 0.443 bits per heavy atom. The molecular weight excluding hydrogens is 1350 g/mol. The third-order valence-electron chi connectivity index (χ3n) is 17.5. The number of benzene rings is 6. The average molecular weight is 1430 g/mol. The summed E-state index contributed by atoms with van der Waals surface area (Å²) in [4.78, 5) is 25.7. The molecule has 1 saturated heterocycles. The Balaban J connectivity index is 0.000000134. The van der Waals surface area contributed by atoms with Crippen LogP contribution >= 0.6 is 11.6 Å². The van der Waals surface area contributed by atoms with Gasteiger partial charge in [0.15, 0.2) is 22.6 Å². The van der Waals surface area contributed by atoms with Crippen molar-refractivity contribution in [3.8, 4) is 67.2 Å². The quantitative estimate of drug-likeness (QED) is 0.0420. The number of hydrogen-bond donors (Lipinski definition) is 7. The van der Waals surface area contributed by atoms with Crippen LogP contribution in [-0.2, 0) is 29.1 Å². The summed E-state index contributed by atoms with van der Waals surface area (Å²) >= 11 is 6.51. The van der Waals surface area contributed by atoms with Crippen molar-refractivity contribution in [2.45, 2.75) is 57.6 Å². The number of hydrogen-bond acceptors (Lipinski definition) is 21. The second-order valence-electron chi connectivity index (χ2n) is 25.0. The monoisotopic (exact) mass is 1420 g/mol. The Hall–Kier alpha value is -12.2. The Bertz CT molecular complexity index is 5200. The minimum absolute atomic E-state index is 0.168. The number of nitrogens with zero attached hydrogens (tertiary/aromatic N) is 12. The van der Waals surface area contributed by atoms with Crippen molar-refractivity contribution in [2.24, 2.45) is 5.73 Å². The number of pyridine rings is 6. The van der Waals surface area contributed by atoms with Crippen molar-refractivity contribution >= 4 is 55.6 Å². The molecule has 1 aliphatic rings. The number of fused-ring (bicyclic) bond motifs is 3. The van der Waals surface area contributed by atoms with Crippen LogP contribution < -0.4 is 16.4 Å². The lowest BCUT2D eigenvalue weighted by molar-refractivity contribution is -0.139. The van der Waals surface area contributed by atoms with E-state index in [-0.39, 0.29) is 19.3 Å². The molecular formula is C84H74ClN15O6. The van der Waals surface area contributed by atoms with Gasteiger partial charge >= 0.3 is 0 Å². The van der Waals surface area contributed by atoms with Gasteiger partial charge in [-0.15, -0.1) is 30.6 Å². The summed E-state index contributed by atoms with van der Waals surface area (Å²) in [5.74, 6) is 0.713. The average Bonchev–Trinajstić information content (AvgIpc) is 0.846. The number of anilines is 2. The third kappa shape index (κ3) is 17.2. The number of ether oxygens (including phenoxy) is 2. The molecule has 15 aromatic rings. The van der Waals surface area contributed by atoms with Gasteiger partial charge in [0.2, 0.25) is 0 Å². The number of halogens is 1. The number of aliphatic hydroxyl groups is 4. The summed E-state index contributed by atoms with van der Waals surface area (Å²) in [7, 11) is 0. The van der Waals surface area contributed by atoms with Crippen LogP contribution in [0.5, 0.6) is 0 Å². The minimum atomic E-state index is -1.01. The zero-order chi connectivity index (χ0) is 73.2. The Morgan fingerprint density at radius 2 is 0.840 bits per heavy atom. The van der Waals surface area contributed by atoms with E-state index in [1.165, 1.54) is 12.4 Å². The maximum atomic E-state index is 10.1. The molecule has 21 nitrogen and oxygen atoms in total. The molecule has 3 unspecified atom stereocenters. The van der Waals surface area contributed by atoms with Gasteiger partial charge in [0.05, 0.1) is 50.0 Å². The van der Waals surface area contributed by atoms with Crippen LogP contribution in [0.15, 0.2) is 274 Å². The first kappa shape index (κ1) is 72.2. The Morgan fingerprint density at radius 3 is 1.24 bits per heavy atom. The summed E-state index contributed by atoms with van der Waals surface area (Å²) in [6.07, 6.45) is 13.1. The molecule has 0 amide bonds. The lowest BCUT2D eigenvalue weighted by atomic mass is 9.96. The van der Waals surface area contributed by atoms with Crippen molar-refractivity contribution in [3.05, 3.63) is 313 Å². The smallest absolute Gasteiger partial charge is 0.163 e. The summed E-state index contributed by atoms with van der Waals surface area (Å²) in [6, 6.07) is 71.5. The summed E-state index contributed by atoms with van der Waals surface area (Å²) in [5, 5.41) is 78.4. The highest BCUT2D eigenvalue weighted by atomic mass is 35.5. The van der Waals surface area contributed by atoms with Crippen molar-refractivity contribution in [3.63, 3.8) is 0 Å². The van der Waals surface area contributed by atoms with E-state index >= 15 is 0 Å². The van der Waals surface area contributed by atoms with Gasteiger partial charge in [-0.1, -0.05) is 175 Å². The second kappa shape index (κ2) is 34.4. The fourth-order valence-electron chi connectivity index (χ4n) is 12.3. The van der Waals surface area contributed by atoms with Crippen LogP contribution in [0.3, 0.4) is 0 Å². The molecule has 0 spiro atoms. The van der Waals surface area contributed by atoms with E-state index < -0.39 is 18.0 Å².